The van der Waals surface area contributed by atoms with Gasteiger partial charge in [0.15, 0.2) is 0 Å². The van der Waals surface area contributed by atoms with Crippen LogP contribution in [0.4, 0.5) is 5.69 Å². The molecule has 3 rings (SSSR count). The van der Waals surface area contributed by atoms with E-state index in [1.807, 2.05) is 31.1 Å². The predicted molar refractivity (Wildman–Crippen MR) is 104 cm³/mol. The molecule has 0 aliphatic carbocycles. The van der Waals surface area contributed by atoms with Crippen molar-refractivity contribution in [2.75, 3.05) is 32.1 Å². The van der Waals surface area contributed by atoms with Gasteiger partial charge in [-0.05, 0) is 49.2 Å². The van der Waals surface area contributed by atoms with E-state index in [1.54, 1.807) is 24.3 Å². The molecule has 2 aromatic rings. The van der Waals surface area contributed by atoms with Gasteiger partial charge in [-0.3, -0.25) is 4.79 Å². The number of nitrogens with one attached hydrogen (secondary N) is 1. The zero-order valence-corrected chi connectivity index (χ0v) is 16.6. The highest BCUT2D eigenvalue weighted by atomic mass is 32.2. The lowest BCUT2D eigenvalue weighted by atomic mass is 10.2. The van der Waals surface area contributed by atoms with Crippen molar-refractivity contribution in [3.05, 3.63) is 46.8 Å². The Morgan fingerprint density at radius 3 is 2.38 bits per heavy atom. The molecule has 1 N–H and O–H groups in total. The second-order valence-corrected chi connectivity index (χ2v) is 9.79. The van der Waals surface area contributed by atoms with E-state index < -0.39 is 10.0 Å². The van der Waals surface area contributed by atoms with Gasteiger partial charge in [-0.15, -0.1) is 11.3 Å². The van der Waals surface area contributed by atoms with Gasteiger partial charge >= 0.3 is 0 Å². The molecule has 0 unspecified atom stereocenters. The van der Waals surface area contributed by atoms with E-state index in [2.05, 4.69) is 5.32 Å². The van der Waals surface area contributed by atoms with Crippen LogP contribution < -0.4 is 10.2 Å². The first kappa shape index (κ1) is 18.9. The molecule has 1 fully saturated rings. The minimum absolute atomic E-state index is 0.173. The third-order valence-electron chi connectivity index (χ3n) is 4.37. The summed E-state index contributed by atoms with van der Waals surface area (Å²) in [5.74, 6) is -0.173. The van der Waals surface area contributed by atoms with Crippen molar-refractivity contribution in [2.45, 2.75) is 23.6 Å². The Hall–Kier alpha value is -1.90. The number of hydrogen-bond acceptors (Lipinski definition) is 5. The topological polar surface area (TPSA) is 69.7 Å². The lowest BCUT2D eigenvalue weighted by Crippen LogP contribution is -2.27. The average molecular weight is 394 g/mol. The summed E-state index contributed by atoms with van der Waals surface area (Å²) in [4.78, 5) is 15.1. The summed E-state index contributed by atoms with van der Waals surface area (Å²) in [6.45, 7) is 1.50. The molecule has 1 aliphatic rings. The van der Waals surface area contributed by atoms with Crippen LogP contribution in [0, 0.1) is 0 Å². The van der Waals surface area contributed by atoms with Crippen LogP contribution in [0.2, 0.25) is 0 Å². The maximum atomic E-state index is 12.5. The molecular weight excluding hydrogens is 370 g/mol. The molecule has 2 heterocycles. The maximum Gasteiger partial charge on any atom is 0.252 e. The summed E-state index contributed by atoms with van der Waals surface area (Å²) in [5.41, 5.74) is 1.61. The smallest absolute Gasteiger partial charge is 0.252 e. The van der Waals surface area contributed by atoms with E-state index in [1.165, 1.54) is 15.6 Å². The summed E-state index contributed by atoms with van der Waals surface area (Å²) in [6.07, 6.45) is 1.83. The van der Waals surface area contributed by atoms with E-state index >= 15 is 0 Å². The van der Waals surface area contributed by atoms with Crippen LogP contribution in [0.3, 0.4) is 0 Å². The van der Waals surface area contributed by atoms with Crippen LogP contribution in [-0.2, 0) is 16.6 Å². The van der Waals surface area contributed by atoms with Gasteiger partial charge in [-0.2, -0.15) is 4.31 Å². The highest BCUT2D eigenvalue weighted by molar-refractivity contribution is 7.91. The molecule has 1 aliphatic heterocycles. The maximum absolute atomic E-state index is 12.5. The summed E-state index contributed by atoms with van der Waals surface area (Å²) >= 11 is 1.22. The van der Waals surface area contributed by atoms with Crippen molar-refractivity contribution in [3.8, 4) is 0 Å². The van der Waals surface area contributed by atoms with Crippen molar-refractivity contribution in [1.29, 1.82) is 0 Å². The molecule has 0 radical (unpaired) electrons. The second-order valence-electron chi connectivity index (χ2n) is 6.46. The largest absolute Gasteiger partial charge is 0.378 e. The number of anilines is 1. The highest BCUT2D eigenvalue weighted by Gasteiger charge is 2.28. The Kier molecular flexibility index (Phi) is 5.64. The van der Waals surface area contributed by atoms with Crippen LogP contribution in [0.15, 0.2) is 40.6 Å². The molecule has 1 saturated heterocycles. The third-order valence-corrected chi connectivity index (χ3v) is 7.82. The quantitative estimate of drug-likeness (QED) is 0.819. The molecule has 0 spiro atoms. The number of rotatable bonds is 6. The fourth-order valence-electron chi connectivity index (χ4n) is 2.83. The first-order valence-electron chi connectivity index (χ1n) is 8.52. The number of amides is 1. The monoisotopic (exact) mass is 393 g/mol. The number of benzene rings is 1. The Bertz CT molecular complexity index is 867. The number of carbonyl (C=O) groups excluding carboxylic acids is 1. The molecule has 140 valence electrons. The van der Waals surface area contributed by atoms with Gasteiger partial charge < -0.3 is 10.2 Å². The summed E-state index contributed by atoms with van der Waals surface area (Å²) < 4.78 is 27.0. The second kappa shape index (κ2) is 7.77. The summed E-state index contributed by atoms with van der Waals surface area (Å²) in [6, 6.07) is 10.7. The normalized spacial score (nSPS) is 15.2. The zero-order chi connectivity index (χ0) is 18.7. The highest BCUT2D eigenvalue weighted by Crippen LogP contribution is 2.27. The van der Waals surface area contributed by atoms with Gasteiger partial charge in [0.2, 0.25) is 0 Å². The van der Waals surface area contributed by atoms with Crippen LogP contribution in [-0.4, -0.2) is 45.8 Å². The van der Waals surface area contributed by atoms with Crippen molar-refractivity contribution >= 4 is 33.0 Å². The van der Waals surface area contributed by atoms with Crippen LogP contribution in [0.1, 0.15) is 28.1 Å². The molecule has 8 heteroatoms. The van der Waals surface area contributed by atoms with Crippen molar-refractivity contribution in [1.82, 2.24) is 9.62 Å². The van der Waals surface area contributed by atoms with E-state index in [4.69, 9.17) is 0 Å². The van der Waals surface area contributed by atoms with Gasteiger partial charge in [-0.25, -0.2) is 8.42 Å². The van der Waals surface area contributed by atoms with Crippen LogP contribution in [0.25, 0.3) is 0 Å². The van der Waals surface area contributed by atoms with Gasteiger partial charge in [0.05, 0.1) is 6.54 Å². The van der Waals surface area contributed by atoms with E-state index in [0.29, 0.717) is 29.4 Å². The molecule has 6 nitrogen and oxygen atoms in total. The average Bonchev–Trinajstić information content (AvgIpc) is 3.32. The van der Waals surface area contributed by atoms with Crippen LogP contribution >= 0.6 is 11.3 Å². The SMILES string of the molecule is CN(C)c1ccc(C(=O)NCc2ccc(S(=O)(=O)N3CCCC3)s2)cc1. The minimum Gasteiger partial charge on any atom is -0.378 e. The molecule has 1 aromatic carbocycles. The molecule has 1 amide bonds. The number of sulfonamides is 1. The van der Waals surface area contributed by atoms with Crippen molar-refractivity contribution in [2.24, 2.45) is 0 Å². The van der Waals surface area contributed by atoms with E-state index in [0.717, 1.165) is 23.4 Å². The molecule has 0 bridgehead atoms. The molecule has 0 atom stereocenters. The standard InChI is InChI=1S/C18H23N3O3S2/c1-20(2)15-7-5-14(6-8-15)18(22)19-13-16-9-10-17(25-16)26(23,24)21-11-3-4-12-21/h5-10H,3-4,11-13H2,1-2H3,(H,19,22). The van der Waals surface area contributed by atoms with E-state index in [9.17, 15) is 13.2 Å². The van der Waals surface area contributed by atoms with Gasteiger partial charge in [0.25, 0.3) is 15.9 Å². The minimum atomic E-state index is -3.39. The third kappa shape index (κ3) is 4.08. The molecule has 26 heavy (non-hydrogen) atoms. The number of carbonyl (C=O) groups is 1. The van der Waals surface area contributed by atoms with Gasteiger partial charge in [0, 0.05) is 43.3 Å². The Morgan fingerprint density at radius 1 is 1.12 bits per heavy atom. The van der Waals surface area contributed by atoms with Gasteiger partial charge in [-0.1, -0.05) is 0 Å². The number of thiophene rings is 1. The molecule has 0 saturated carbocycles. The molecular formula is C18H23N3O3S2. The first-order valence-corrected chi connectivity index (χ1v) is 10.8. The van der Waals surface area contributed by atoms with Crippen molar-refractivity contribution < 1.29 is 13.2 Å². The fourth-order valence-corrected chi connectivity index (χ4v) is 5.79. The lowest BCUT2D eigenvalue weighted by Gasteiger charge is -2.13. The van der Waals surface area contributed by atoms with Crippen LogP contribution in [0.5, 0.6) is 0 Å². The number of nitrogens with zero attached hydrogens (tertiary/aromatic N) is 2. The van der Waals surface area contributed by atoms with E-state index in [-0.39, 0.29) is 5.91 Å². The zero-order valence-electron chi connectivity index (χ0n) is 14.9. The summed E-state index contributed by atoms with van der Waals surface area (Å²) in [5, 5.41) is 2.85. The Morgan fingerprint density at radius 2 is 1.77 bits per heavy atom. The Balaban J connectivity index is 1.61. The number of hydrogen-bond donors (Lipinski definition) is 1. The predicted octanol–water partition coefficient (Wildman–Crippen LogP) is 2.53. The van der Waals surface area contributed by atoms with Crippen molar-refractivity contribution in [3.63, 3.8) is 0 Å². The molecule has 1 aromatic heterocycles. The Labute approximate surface area is 158 Å². The van der Waals surface area contributed by atoms with Gasteiger partial charge in [0.1, 0.15) is 4.21 Å². The first-order chi connectivity index (χ1) is 12.4. The lowest BCUT2D eigenvalue weighted by molar-refractivity contribution is 0.0951. The fraction of sp³-hybridized carbons (Fsp3) is 0.389. The summed E-state index contributed by atoms with van der Waals surface area (Å²) in [7, 11) is 0.501.